The van der Waals surface area contributed by atoms with Crippen LogP contribution in [0.2, 0.25) is 0 Å². The molecule has 2 nitrogen and oxygen atoms in total. The van der Waals surface area contributed by atoms with E-state index >= 15 is 0 Å². The zero-order chi connectivity index (χ0) is 10.6. The molecule has 1 aliphatic rings. The first kappa shape index (κ1) is 12.2. The second kappa shape index (κ2) is 5.31. The number of aliphatic imine (C=N–C) groups is 1. The molecule has 0 aromatic carbocycles. The topological polar surface area (TPSA) is 24.4 Å². The van der Waals surface area contributed by atoms with Gasteiger partial charge in [0.15, 0.2) is 5.17 Å². The van der Waals surface area contributed by atoms with E-state index in [1.54, 1.807) is 0 Å². The van der Waals surface area contributed by atoms with Crippen molar-refractivity contribution in [2.45, 2.75) is 39.3 Å². The lowest BCUT2D eigenvalue weighted by Gasteiger charge is -2.16. The van der Waals surface area contributed by atoms with Crippen molar-refractivity contribution >= 4 is 28.7 Å². The molecule has 0 aromatic rings. The Hall–Kier alpha value is 0.170. The van der Waals surface area contributed by atoms with Crippen molar-refractivity contribution in [2.75, 3.05) is 17.3 Å². The number of nitrogens with one attached hydrogen (secondary N) is 1. The van der Waals surface area contributed by atoms with E-state index in [1.807, 2.05) is 23.5 Å². The van der Waals surface area contributed by atoms with Crippen LogP contribution >= 0.6 is 23.5 Å². The molecule has 0 saturated carbocycles. The molecule has 1 aliphatic heterocycles. The maximum absolute atomic E-state index is 4.66. The number of rotatable bonds is 4. The van der Waals surface area contributed by atoms with Crippen molar-refractivity contribution in [1.29, 1.82) is 0 Å². The van der Waals surface area contributed by atoms with Gasteiger partial charge in [0.25, 0.3) is 0 Å². The summed E-state index contributed by atoms with van der Waals surface area (Å²) in [7, 11) is 0. The monoisotopic (exact) mass is 232 g/mol. The molecule has 1 atom stereocenters. The lowest BCUT2D eigenvalue weighted by molar-refractivity contribution is 0.535. The molecule has 0 spiro atoms. The summed E-state index contributed by atoms with van der Waals surface area (Å²) in [5, 5.41) is 4.57. The van der Waals surface area contributed by atoms with Crippen molar-refractivity contribution < 1.29 is 0 Å². The number of thioether (sulfide) groups is 2. The predicted molar refractivity (Wildman–Crippen MR) is 69.6 cm³/mol. The summed E-state index contributed by atoms with van der Waals surface area (Å²) in [6.45, 7) is 8.81. The molecule has 1 unspecified atom stereocenters. The standard InChI is InChI=1S/C10H20N2S2/c1-5-13-6-8(2)11-9-12-10(3,4)7-14-9/h8H,5-7H2,1-4H3,(H,11,12). The Morgan fingerprint density at radius 1 is 1.64 bits per heavy atom. The molecule has 1 saturated heterocycles. The number of hydrogen-bond donors (Lipinski definition) is 1. The Morgan fingerprint density at radius 2 is 2.36 bits per heavy atom. The van der Waals surface area contributed by atoms with Crippen molar-refractivity contribution in [2.24, 2.45) is 4.99 Å². The third-order valence-corrected chi connectivity index (χ3v) is 4.39. The maximum Gasteiger partial charge on any atom is 0.157 e. The molecule has 0 aromatic heterocycles. The molecule has 1 heterocycles. The van der Waals surface area contributed by atoms with E-state index in [-0.39, 0.29) is 5.54 Å². The van der Waals surface area contributed by atoms with Crippen LogP contribution in [0.15, 0.2) is 4.99 Å². The normalized spacial score (nSPS) is 25.0. The highest BCUT2D eigenvalue weighted by Gasteiger charge is 2.27. The Labute approximate surface area is 95.7 Å². The van der Waals surface area contributed by atoms with Gasteiger partial charge in [-0.25, -0.2) is 0 Å². The number of amidine groups is 1. The second-order valence-corrected chi connectivity index (χ2v) is 6.52. The molecule has 1 rings (SSSR count). The summed E-state index contributed by atoms with van der Waals surface area (Å²) in [5.74, 6) is 3.43. The highest BCUT2D eigenvalue weighted by atomic mass is 32.2. The minimum absolute atomic E-state index is 0.223. The van der Waals surface area contributed by atoms with Gasteiger partial charge in [0.2, 0.25) is 0 Å². The highest BCUT2D eigenvalue weighted by Crippen LogP contribution is 2.22. The van der Waals surface area contributed by atoms with E-state index in [2.05, 4.69) is 38.0 Å². The van der Waals surface area contributed by atoms with Crippen LogP contribution in [-0.2, 0) is 0 Å². The van der Waals surface area contributed by atoms with Crippen LogP contribution in [0.25, 0.3) is 0 Å². The first-order chi connectivity index (χ1) is 6.53. The van der Waals surface area contributed by atoms with Crippen LogP contribution in [0.1, 0.15) is 27.7 Å². The first-order valence-corrected chi connectivity index (χ1v) is 7.24. The summed E-state index contributed by atoms with van der Waals surface area (Å²) in [4.78, 5) is 4.66. The lowest BCUT2D eigenvalue weighted by Crippen LogP contribution is -2.37. The Bertz CT molecular complexity index is 214. The van der Waals surface area contributed by atoms with E-state index in [9.17, 15) is 0 Å². The minimum Gasteiger partial charge on any atom is -0.359 e. The van der Waals surface area contributed by atoms with Crippen LogP contribution in [0, 0.1) is 0 Å². The molecular formula is C10H20N2S2. The van der Waals surface area contributed by atoms with Gasteiger partial charge >= 0.3 is 0 Å². The van der Waals surface area contributed by atoms with Crippen molar-refractivity contribution in [3.05, 3.63) is 0 Å². The van der Waals surface area contributed by atoms with Crippen LogP contribution in [0.4, 0.5) is 0 Å². The Morgan fingerprint density at radius 3 is 2.86 bits per heavy atom. The van der Waals surface area contributed by atoms with E-state index in [1.165, 1.54) is 5.75 Å². The Balaban J connectivity index is 2.37. The van der Waals surface area contributed by atoms with Gasteiger partial charge in [0, 0.05) is 17.0 Å². The molecule has 4 heteroatoms. The molecular weight excluding hydrogens is 212 g/mol. The largest absolute Gasteiger partial charge is 0.359 e. The fraction of sp³-hybridized carbons (Fsp3) is 0.900. The van der Waals surface area contributed by atoms with E-state index in [0.717, 1.165) is 16.7 Å². The van der Waals surface area contributed by atoms with Crippen LogP contribution in [0.3, 0.4) is 0 Å². The molecule has 0 bridgehead atoms. The van der Waals surface area contributed by atoms with Crippen molar-refractivity contribution in [3.63, 3.8) is 0 Å². The van der Waals surface area contributed by atoms with E-state index in [0.29, 0.717) is 6.04 Å². The van der Waals surface area contributed by atoms with Gasteiger partial charge in [-0.05, 0) is 26.5 Å². The van der Waals surface area contributed by atoms with Gasteiger partial charge in [0.05, 0.1) is 6.04 Å². The van der Waals surface area contributed by atoms with Gasteiger partial charge < -0.3 is 5.32 Å². The lowest BCUT2D eigenvalue weighted by atomic mass is 10.1. The highest BCUT2D eigenvalue weighted by molar-refractivity contribution is 8.14. The molecule has 0 radical (unpaired) electrons. The maximum atomic E-state index is 4.66. The SMILES string of the molecule is CCSCC(C)N=C1NC(C)(C)CS1. The minimum atomic E-state index is 0.223. The molecule has 14 heavy (non-hydrogen) atoms. The zero-order valence-electron chi connectivity index (χ0n) is 9.46. The van der Waals surface area contributed by atoms with E-state index in [4.69, 9.17) is 0 Å². The van der Waals surface area contributed by atoms with E-state index < -0.39 is 0 Å². The van der Waals surface area contributed by atoms with Gasteiger partial charge in [-0.2, -0.15) is 11.8 Å². The molecule has 1 N–H and O–H groups in total. The Kier molecular flexibility index (Phi) is 4.64. The second-order valence-electron chi connectivity index (χ2n) is 4.24. The number of hydrogen-bond acceptors (Lipinski definition) is 3. The van der Waals surface area contributed by atoms with Gasteiger partial charge in [-0.1, -0.05) is 18.7 Å². The summed E-state index contributed by atoms with van der Waals surface area (Å²) < 4.78 is 0. The molecule has 0 amide bonds. The van der Waals surface area contributed by atoms with Gasteiger partial charge in [-0.3, -0.25) is 4.99 Å². The van der Waals surface area contributed by atoms with Crippen LogP contribution < -0.4 is 5.32 Å². The molecule has 1 fully saturated rings. The average molecular weight is 232 g/mol. The average Bonchev–Trinajstić information content (AvgIpc) is 2.42. The fourth-order valence-electron chi connectivity index (χ4n) is 1.21. The molecule has 82 valence electrons. The van der Waals surface area contributed by atoms with Gasteiger partial charge in [-0.15, -0.1) is 0 Å². The third-order valence-electron chi connectivity index (χ3n) is 1.92. The summed E-state index contributed by atoms with van der Waals surface area (Å²) in [6.07, 6.45) is 0. The van der Waals surface area contributed by atoms with Crippen molar-refractivity contribution in [1.82, 2.24) is 5.32 Å². The predicted octanol–water partition coefficient (Wildman–Crippen LogP) is 2.60. The first-order valence-electron chi connectivity index (χ1n) is 5.10. The molecule has 0 aliphatic carbocycles. The third kappa shape index (κ3) is 4.13. The summed E-state index contributed by atoms with van der Waals surface area (Å²) in [6, 6.07) is 0.434. The van der Waals surface area contributed by atoms with Crippen molar-refractivity contribution in [3.8, 4) is 0 Å². The fourth-order valence-corrected chi connectivity index (χ4v) is 3.03. The van der Waals surface area contributed by atoms with Crippen LogP contribution in [-0.4, -0.2) is 34.0 Å². The van der Waals surface area contributed by atoms with Gasteiger partial charge in [0.1, 0.15) is 0 Å². The summed E-state index contributed by atoms with van der Waals surface area (Å²) in [5.41, 5.74) is 0.223. The quantitative estimate of drug-likeness (QED) is 0.806. The number of nitrogens with zero attached hydrogens (tertiary/aromatic N) is 1. The smallest absolute Gasteiger partial charge is 0.157 e. The zero-order valence-corrected chi connectivity index (χ0v) is 11.1. The van der Waals surface area contributed by atoms with Crippen LogP contribution in [0.5, 0.6) is 0 Å². The summed E-state index contributed by atoms with van der Waals surface area (Å²) >= 11 is 3.80.